The molecule has 4 nitrogen and oxygen atoms in total. The number of esters is 1. The quantitative estimate of drug-likeness (QED) is 0.618. The molecule has 0 aliphatic heterocycles. The summed E-state index contributed by atoms with van der Waals surface area (Å²) in [5, 5.41) is 4.16. The summed E-state index contributed by atoms with van der Waals surface area (Å²) in [7, 11) is 0. The first-order chi connectivity index (χ1) is 7.20. The molecule has 0 N–H and O–H groups in total. The van der Waals surface area contributed by atoms with Gasteiger partial charge in [-0.3, -0.25) is 4.68 Å². The Hall–Kier alpha value is -0.590. The third-order valence-corrected chi connectivity index (χ3v) is 2.78. The van der Waals surface area contributed by atoms with E-state index in [9.17, 15) is 4.79 Å². The van der Waals surface area contributed by atoms with Crippen LogP contribution in [-0.2, 0) is 11.3 Å². The number of carbonyl (C=O) groups excluding carboxylic acids is 1. The lowest BCUT2D eigenvalue weighted by Crippen LogP contribution is -2.14. The number of aryl methyl sites for hydroxylation is 1. The zero-order valence-corrected chi connectivity index (χ0v) is 11.2. The summed E-state index contributed by atoms with van der Waals surface area (Å²) in [6.07, 6.45) is 3.80. The maximum Gasteiger partial charge on any atom is 0.357 e. The lowest BCUT2D eigenvalue weighted by Gasteiger charge is -2.06. The lowest BCUT2D eigenvalue weighted by molar-refractivity contribution is 0.0510. The molecule has 0 atom stereocenters. The first kappa shape index (κ1) is 12.5. The highest BCUT2D eigenvalue weighted by Crippen LogP contribution is 2.13. The molecule has 1 heterocycles. The summed E-state index contributed by atoms with van der Waals surface area (Å²) < 4.78 is 7.56. The molecule has 84 valence electrons. The van der Waals surface area contributed by atoms with Gasteiger partial charge in [-0.25, -0.2) is 4.79 Å². The Morgan fingerprint density at radius 2 is 2.33 bits per heavy atom. The Morgan fingerprint density at radius 1 is 1.60 bits per heavy atom. The first-order valence-electron chi connectivity index (χ1n) is 5.09. The summed E-state index contributed by atoms with van der Waals surface area (Å²) >= 11 is 2.10. The van der Waals surface area contributed by atoms with Gasteiger partial charge in [-0.1, -0.05) is 13.3 Å². The third kappa shape index (κ3) is 3.19. The molecule has 5 heteroatoms. The molecule has 0 fully saturated rings. The number of unbranched alkanes of at least 4 members (excludes halogenated alkanes) is 1. The lowest BCUT2D eigenvalue weighted by atomic mass is 10.3. The molecule has 1 aromatic rings. The van der Waals surface area contributed by atoms with Crippen LogP contribution in [0.2, 0.25) is 0 Å². The number of hydrogen-bond acceptors (Lipinski definition) is 3. The molecule has 0 radical (unpaired) electrons. The average Bonchev–Trinajstić information content (AvgIpc) is 2.57. The van der Waals surface area contributed by atoms with Crippen LogP contribution in [0.15, 0.2) is 6.20 Å². The Labute approximate surface area is 103 Å². The van der Waals surface area contributed by atoms with Crippen LogP contribution in [0.3, 0.4) is 0 Å². The van der Waals surface area contributed by atoms with Crippen molar-refractivity contribution < 1.29 is 9.53 Å². The largest absolute Gasteiger partial charge is 0.461 e. The SMILES string of the molecule is CCCCn1ncc(I)c1C(=O)OCC. The number of rotatable bonds is 5. The normalized spacial score (nSPS) is 10.3. The highest BCUT2D eigenvalue weighted by atomic mass is 127. The topological polar surface area (TPSA) is 44.1 Å². The maximum absolute atomic E-state index is 11.6. The fourth-order valence-electron chi connectivity index (χ4n) is 1.24. The summed E-state index contributed by atoms with van der Waals surface area (Å²) in [6, 6.07) is 0. The van der Waals surface area contributed by atoms with Gasteiger partial charge in [-0.05, 0) is 35.9 Å². The second kappa shape index (κ2) is 6.09. The molecule has 0 aliphatic rings. The van der Waals surface area contributed by atoms with Crippen molar-refractivity contribution in [3.63, 3.8) is 0 Å². The van der Waals surface area contributed by atoms with E-state index in [1.807, 2.05) is 0 Å². The summed E-state index contributed by atoms with van der Waals surface area (Å²) in [5.41, 5.74) is 0.575. The smallest absolute Gasteiger partial charge is 0.357 e. The van der Waals surface area contributed by atoms with E-state index in [2.05, 4.69) is 34.6 Å². The van der Waals surface area contributed by atoms with Gasteiger partial charge >= 0.3 is 5.97 Å². The number of hydrogen-bond donors (Lipinski definition) is 0. The molecule has 0 saturated carbocycles. The van der Waals surface area contributed by atoms with Gasteiger partial charge in [-0.15, -0.1) is 0 Å². The molecular formula is C10H15IN2O2. The van der Waals surface area contributed by atoms with Crippen molar-refractivity contribution in [3.8, 4) is 0 Å². The summed E-state index contributed by atoms with van der Waals surface area (Å²) in [6.45, 7) is 5.08. The molecule has 0 unspecified atom stereocenters. The maximum atomic E-state index is 11.6. The van der Waals surface area contributed by atoms with Crippen LogP contribution >= 0.6 is 22.6 Å². The van der Waals surface area contributed by atoms with Crippen LogP contribution in [0.5, 0.6) is 0 Å². The molecule has 0 aliphatic carbocycles. The molecule has 0 amide bonds. The molecular weight excluding hydrogens is 307 g/mol. The van der Waals surface area contributed by atoms with Crippen molar-refractivity contribution in [1.29, 1.82) is 0 Å². The number of aromatic nitrogens is 2. The second-order valence-corrected chi connectivity index (χ2v) is 4.30. The van der Waals surface area contributed by atoms with Crippen molar-refractivity contribution in [1.82, 2.24) is 9.78 Å². The fraction of sp³-hybridized carbons (Fsp3) is 0.600. The van der Waals surface area contributed by atoms with E-state index in [-0.39, 0.29) is 5.97 Å². The molecule has 0 aromatic carbocycles. The number of carbonyl (C=O) groups is 1. The van der Waals surface area contributed by atoms with Gasteiger partial charge in [0.05, 0.1) is 16.4 Å². The molecule has 1 rings (SSSR count). The van der Waals surface area contributed by atoms with Crippen molar-refractivity contribution in [2.75, 3.05) is 6.61 Å². The molecule has 0 saturated heterocycles. The van der Waals surface area contributed by atoms with E-state index in [1.165, 1.54) is 0 Å². The molecule has 1 aromatic heterocycles. The van der Waals surface area contributed by atoms with Crippen LogP contribution < -0.4 is 0 Å². The van der Waals surface area contributed by atoms with Crippen LogP contribution in [0.25, 0.3) is 0 Å². The van der Waals surface area contributed by atoms with Gasteiger partial charge in [0, 0.05) is 6.54 Å². The Kier molecular flexibility index (Phi) is 5.07. The summed E-state index contributed by atoms with van der Waals surface area (Å²) in [5.74, 6) is -0.282. The van der Waals surface area contributed by atoms with Crippen molar-refractivity contribution in [2.24, 2.45) is 0 Å². The Morgan fingerprint density at radius 3 is 2.93 bits per heavy atom. The zero-order chi connectivity index (χ0) is 11.3. The zero-order valence-electron chi connectivity index (χ0n) is 8.99. The molecule has 0 bridgehead atoms. The minimum Gasteiger partial charge on any atom is -0.461 e. The third-order valence-electron chi connectivity index (χ3n) is 1.99. The number of nitrogens with zero attached hydrogens (tertiary/aromatic N) is 2. The van der Waals surface area contributed by atoms with Crippen LogP contribution in [-0.4, -0.2) is 22.4 Å². The average molecular weight is 322 g/mol. The minimum atomic E-state index is -0.282. The minimum absolute atomic E-state index is 0.282. The van der Waals surface area contributed by atoms with Crippen LogP contribution in [0.1, 0.15) is 37.2 Å². The summed E-state index contributed by atoms with van der Waals surface area (Å²) in [4.78, 5) is 11.6. The fourth-order valence-corrected chi connectivity index (χ4v) is 1.87. The van der Waals surface area contributed by atoms with Gasteiger partial charge in [0.25, 0.3) is 0 Å². The predicted molar refractivity (Wildman–Crippen MR) is 65.8 cm³/mol. The van der Waals surface area contributed by atoms with Crippen molar-refractivity contribution >= 4 is 28.6 Å². The van der Waals surface area contributed by atoms with E-state index in [4.69, 9.17) is 4.74 Å². The van der Waals surface area contributed by atoms with Gasteiger partial charge < -0.3 is 4.74 Å². The first-order valence-corrected chi connectivity index (χ1v) is 6.17. The van der Waals surface area contributed by atoms with Crippen molar-refractivity contribution in [2.45, 2.75) is 33.2 Å². The number of ether oxygens (including phenoxy) is 1. The second-order valence-electron chi connectivity index (χ2n) is 3.14. The highest BCUT2D eigenvalue weighted by Gasteiger charge is 2.17. The van der Waals surface area contributed by atoms with E-state index in [1.54, 1.807) is 17.8 Å². The van der Waals surface area contributed by atoms with E-state index < -0.39 is 0 Å². The number of halogens is 1. The van der Waals surface area contributed by atoms with Gasteiger partial charge in [0.2, 0.25) is 0 Å². The highest BCUT2D eigenvalue weighted by molar-refractivity contribution is 14.1. The van der Waals surface area contributed by atoms with E-state index >= 15 is 0 Å². The van der Waals surface area contributed by atoms with Gasteiger partial charge in [-0.2, -0.15) is 5.10 Å². The van der Waals surface area contributed by atoms with Crippen LogP contribution in [0, 0.1) is 3.57 Å². The monoisotopic (exact) mass is 322 g/mol. The van der Waals surface area contributed by atoms with E-state index in [0.29, 0.717) is 12.3 Å². The van der Waals surface area contributed by atoms with Gasteiger partial charge in [0.15, 0.2) is 5.69 Å². The van der Waals surface area contributed by atoms with E-state index in [0.717, 1.165) is 23.0 Å². The molecule has 15 heavy (non-hydrogen) atoms. The Bertz CT molecular complexity index is 336. The molecule has 0 spiro atoms. The van der Waals surface area contributed by atoms with Gasteiger partial charge in [0.1, 0.15) is 0 Å². The van der Waals surface area contributed by atoms with Crippen LogP contribution in [0.4, 0.5) is 0 Å². The predicted octanol–water partition coefficient (Wildman–Crippen LogP) is 2.46. The van der Waals surface area contributed by atoms with Crippen molar-refractivity contribution in [3.05, 3.63) is 15.5 Å². The standard InChI is InChI=1S/C10H15IN2O2/c1-3-5-6-13-9(8(11)7-12-13)10(14)15-4-2/h7H,3-6H2,1-2H3. The Balaban J connectivity index is 2.83.